The molecule has 3 rings (SSSR count). The number of nitrogens with two attached hydrogens (primary N) is 1. The molecule has 2 aromatic rings. The number of rotatable bonds is 3. The number of benzene rings is 1. The number of fused-ring (bicyclic) bond motifs is 1. The molecular formula is C15H16N4O2. The van der Waals surface area contributed by atoms with Gasteiger partial charge in [-0.2, -0.15) is 0 Å². The highest BCUT2D eigenvalue weighted by Crippen LogP contribution is 2.35. The van der Waals surface area contributed by atoms with Crippen molar-refractivity contribution >= 4 is 17.2 Å². The lowest BCUT2D eigenvalue weighted by molar-refractivity contribution is -0.385. The van der Waals surface area contributed by atoms with Gasteiger partial charge in [-0.25, -0.2) is 4.98 Å². The highest BCUT2D eigenvalue weighted by Gasteiger charge is 2.23. The molecule has 3 N–H and O–H groups in total. The topological polar surface area (TPSA) is 94.1 Å². The van der Waals surface area contributed by atoms with E-state index in [2.05, 4.69) is 10.3 Å². The Bertz CT molecular complexity index is 715. The molecule has 1 aromatic heterocycles. The van der Waals surface area contributed by atoms with Crippen LogP contribution in [-0.4, -0.2) is 9.91 Å². The molecule has 6 heteroatoms. The number of aryl methyl sites for hydroxylation is 2. The molecule has 6 nitrogen and oxygen atoms in total. The zero-order valence-corrected chi connectivity index (χ0v) is 11.7. The third-order valence-electron chi connectivity index (χ3n) is 3.84. The number of pyridine rings is 1. The van der Waals surface area contributed by atoms with Crippen LogP contribution in [0.15, 0.2) is 30.5 Å². The number of nitrogens with zero attached hydrogens (tertiary/aromatic N) is 2. The summed E-state index contributed by atoms with van der Waals surface area (Å²) in [5.74, 6) is 0.530. The normalized spacial score (nSPS) is 16.5. The average Bonchev–Trinajstić information content (AvgIpc) is 2.83. The molecule has 0 spiro atoms. The predicted octanol–water partition coefficient (Wildman–Crippen LogP) is 2.98. The number of aromatic nitrogens is 1. The molecule has 1 atom stereocenters. The summed E-state index contributed by atoms with van der Waals surface area (Å²) in [5.41, 5.74) is 9.62. The van der Waals surface area contributed by atoms with Crippen LogP contribution in [0.4, 0.5) is 17.2 Å². The monoisotopic (exact) mass is 284 g/mol. The SMILES string of the molecule is Cc1cnc(NC2CCc3cc(N)ccc32)cc1[N+](=O)[O-]. The van der Waals surface area contributed by atoms with Gasteiger partial charge in [0.2, 0.25) is 0 Å². The summed E-state index contributed by atoms with van der Waals surface area (Å²) in [6, 6.07) is 7.49. The molecule has 0 amide bonds. The average molecular weight is 284 g/mol. The zero-order chi connectivity index (χ0) is 15.0. The van der Waals surface area contributed by atoms with Gasteiger partial charge in [-0.1, -0.05) is 6.07 Å². The summed E-state index contributed by atoms with van der Waals surface area (Å²) < 4.78 is 0. The molecule has 0 bridgehead atoms. The Morgan fingerprint density at radius 3 is 3.00 bits per heavy atom. The minimum atomic E-state index is -0.383. The van der Waals surface area contributed by atoms with Crippen LogP contribution in [-0.2, 0) is 6.42 Å². The summed E-state index contributed by atoms with van der Waals surface area (Å²) >= 11 is 0. The summed E-state index contributed by atoms with van der Waals surface area (Å²) in [5, 5.41) is 14.3. The summed E-state index contributed by atoms with van der Waals surface area (Å²) in [7, 11) is 0. The van der Waals surface area contributed by atoms with Crippen molar-refractivity contribution in [3.8, 4) is 0 Å². The smallest absolute Gasteiger partial charge is 0.277 e. The van der Waals surface area contributed by atoms with Crippen molar-refractivity contribution in [1.82, 2.24) is 4.98 Å². The molecule has 0 saturated carbocycles. The van der Waals surface area contributed by atoms with Crippen molar-refractivity contribution in [3.63, 3.8) is 0 Å². The van der Waals surface area contributed by atoms with Crippen LogP contribution in [0.3, 0.4) is 0 Å². The van der Waals surface area contributed by atoms with Gasteiger partial charge in [-0.15, -0.1) is 0 Å². The van der Waals surface area contributed by atoms with Crippen LogP contribution < -0.4 is 11.1 Å². The minimum Gasteiger partial charge on any atom is -0.399 e. The van der Waals surface area contributed by atoms with Gasteiger partial charge in [-0.3, -0.25) is 10.1 Å². The first-order valence-corrected chi connectivity index (χ1v) is 6.80. The Morgan fingerprint density at radius 2 is 2.24 bits per heavy atom. The van der Waals surface area contributed by atoms with E-state index in [1.807, 2.05) is 18.2 Å². The molecule has 1 aromatic carbocycles. The van der Waals surface area contributed by atoms with Gasteiger partial charge in [0.25, 0.3) is 5.69 Å². The van der Waals surface area contributed by atoms with Crippen LogP contribution in [0.25, 0.3) is 0 Å². The number of nitro groups is 1. The van der Waals surface area contributed by atoms with Crippen LogP contribution >= 0.6 is 0 Å². The highest BCUT2D eigenvalue weighted by molar-refractivity contribution is 5.53. The fourth-order valence-corrected chi connectivity index (χ4v) is 2.75. The van der Waals surface area contributed by atoms with Gasteiger partial charge >= 0.3 is 0 Å². The molecule has 0 fully saturated rings. The van der Waals surface area contributed by atoms with E-state index in [1.165, 1.54) is 23.4 Å². The van der Waals surface area contributed by atoms with E-state index in [-0.39, 0.29) is 16.7 Å². The second kappa shape index (κ2) is 5.05. The summed E-state index contributed by atoms with van der Waals surface area (Å²) in [6.45, 7) is 1.68. The number of hydrogen-bond donors (Lipinski definition) is 2. The van der Waals surface area contributed by atoms with E-state index in [0.29, 0.717) is 11.4 Å². The first-order valence-electron chi connectivity index (χ1n) is 6.80. The molecule has 1 heterocycles. The van der Waals surface area contributed by atoms with Gasteiger partial charge in [-0.05, 0) is 43.0 Å². The summed E-state index contributed by atoms with van der Waals surface area (Å²) in [6.07, 6.45) is 3.41. The van der Waals surface area contributed by atoms with Crippen LogP contribution in [0.2, 0.25) is 0 Å². The lowest BCUT2D eigenvalue weighted by Gasteiger charge is -2.15. The van der Waals surface area contributed by atoms with E-state index >= 15 is 0 Å². The van der Waals surface area contributed by atoms with Crippen LogP contribution in [0, 0.1) is 17.0 Å². The Balaban J connectivity index is 1.86. The number of nitrogen functional groups attached to an aromatic ring is 1. The zero-order valence-electron chi connectivity index (χ0n) is 11.7. The maximum absolute atomic E-state index is 11.0. The van der Waals surface area contributed by atoms with E-state index < -0.39 is 0 Å². The van der Waals surface area contributed by atoms with Crippen LogP contribution in [0.5, 0.6) is 0 Å². The lowest BCUT2D eigenvalue weighted by atomic mass is 10.1. The molecule has 108 valence electrons. The third-order valence-corrected chi connectivity index (χ3v) is 3.84. The van der Waals surface area contributed by atoms with Gasteiger partial charge in [0.1, 0.15) is 5.82 Å². The number of hydrogen-bond acceptors (Lipinski definition) is 5. The maximum Gasteiger partial charge on any atom is 0.277 e. The molecule has 0 saturated heterocycles. The standard InChI is InChI=1S/C15H16N4O2/c1-9-8-17-15(7-14(9)19(20)21)18-13-5-2-10-6-11(16)3-4-12(10)13/h3-4,6-8,13H,2,5,16H2,1H3,(H,17,18). The molecule has 0 aliphatic heterocycles. The summed E-state index contributed by atoms with van der Waals surface area (Å²) in [4.78, 5) is 14.8. The molecule has 1 aliphatic rings. The van der Waals surface area contributed by atoms with Crippen molar-refractivity contribution in [2.24, 2.45) is 0 Å². The van der Waals surface area contributed by atoms with Gasteiger partial charge in [0.05, 0.1) is 17.0 Å². The fraction of sp³-hybridized carbons (Fsp3) is 0.267. The maximum atomic E-state index is 11.0. The molecule has 21 heavy (non-hydrogen) atoms. The molecule has 1 aliphatic carbocycles. The van der Waals surface area contributed by atoms with E-state index in [0.717, 1.165) is 18.5 Å². The Hall–Kier alpha value is -2.63. The van der Waals surface area contributed by atoms with Crippen molar-refractivity contribution in [1.29, 1.82) is 0 Å². The van der Waals surface area contributed by atoms with Crippen LogP contribution in [0.1, 0.15) is 29.2 Å². The van der Waals surface area contributed by atoms with Gasteiger partial charge in [0.15, 0.2) is 0 Å². The molecule has 0 radical (unpaired) electrons. The fourth-order valence-electron chi connectivity index (χ4n) is 2.75. The molecular weight excluding hydrogens is 268 g/mol. The Kier molecular flexibility index (Phi) is 3.21. The lowest BCUT2D eigenvalue weighted by Crippen LogP contribution is -2.09. The molecule has 1 unspecified atom stereocenters. The van der Waals surface area contributed by atoms with Crippen molar-refractivity contribution < 1.29 is 4.92 Å². The highest BCUT2D eigenvalue weighted by atomic mass is 16.6. The third kappa shape index (κ3) is 2.52. The van der Waals surface area contributed by atoms with Crippen molar-refractivity contribution in [3.05, 3.63) is 57.3 Å². The minimum absolute atomic E-state index is 0.0861. The van der Waals surface area contributed by atoms with Gasteiger partial charge < -0.3 is 11.1 Å². The second-order valence-electron chi connectivity index (χ2n) is 5.31. The predicted molar refractivity (Wildman–Crippen MR) is 81.2 cm³/mol. The first-order chi connectivity index (χ1) is 10.0. The quantitative estimate of drug-likeness (QED) is 0.513. The van der Waals surface area contributed by atoms with Gasteiger partial charge in [0, 0.05) is 17.4 Å². The number of anilines is 2. The first kappa shape index (κ1) is 13.4. The second-order valence-corrected chi connectivity index (χ2v) is 5.31. The Morgan fingerprint density at radius 1 is 1.43 bits per heavy atom. The van der Waals surface area contributed by atoms with Crippen molar-refractivity contribution in [2.75, 3.05) is 11.1 Å². The van der Waals surface area contributed by atoms with E-state index in [4.69, 9.17) is 5.73 Å². The number of nitrogens with one attached hydrogen (secondary N) is 1. The Labute approximate surface area is 122 Å². The largest absolute Gasteiger partial charge is 0.399 e. The van der Waals surface area contributed by atoms with Crippen molar-refractivity contribution in [2.45, 2.75) is 25.8 Å². The van der Waals surface area contributed by atoms with E-state index in [9.17, 15) is 10.1 Å². The van der Waals surface area contributed by atoms with E-state index in [1.54, 1.807) is 6.92 Å².